The molecule has 1 saturated heterocycles. The van der Waals surface area contributed by atoms with Crippen LogP contribution in [0.5, 0.6) is 5.75 Å². The lowest BCUT2D eigenvalue weighted by molar-refractivity contribution is -0.161. The van der Waals surface area contributed by atoms with Gasteiger partial charge in [-0.2, -0.15) is 0 Å². The summed E-state index contributed by atoms with van der Waals surface area (Å²) in [4.78, 5) is 24.9. The molecule has 1 aromatic carbocycles. The lowest BCUT2D eigenvalue weighted by Gasteiger charge is -2.38. The molecule has 0 aliphatic carbocycles. The topological polar surface area (TPSA) is 81.9 Å². The number of amides is 2. The lowest BCUT2D eigenvalue weighted by Crippen LogP contribution is -2.58. The minimum Gasteiger partial charge on any atom is -0.484 e. The first kappa shape index (κ1) is 15.2. The molecule has 1 aliphatic rings. The number of primary amides is 1. The maximum absolute atomic E-state index is 13.0. The first-order chi connectivity index (χ1) is 9.90. The molecule has 0 aromatic heterocycles. The second-order valence-electron chi connectivity index (χ2n) is 5.00. The highest BCUT2D eigenvalue weighted by Crippen LogP contribution is 2.18. The number of hydrogen-bond acceptors (Lipinski definition) is 4. The number of benzene rings is 1. The zero-order chi connectivity index (χ0) is 15.5. The molecule has 1 aromatic rings. The molecule has 1 heterocycles. The van der Waals surface area contributed by atoms with Gasteiger partial charge in [-0.3, -0.25) is 9.59 Å². The van der Waals surface area contributed by atoms with Gasteiger partial charge in [0.15, 0.2) is 12.2 Å². The van der Waals surface area contributed by atoms with Crippen LogP contribution in [0.25, 0.3) is 0 Å². The molecule has 114 valence electrons. The van der Waals surface area contributed by atoms with Crippen molar-refractivity contribution in [2.75, 3.05) is 26.3 Å². The SMILES string of the molecule is C[C@@]1(C(N)=O)CN(C(=O)COc2cccc(F)c2)CCO1. The van der Waals surface area contributed by atoms with Gasteiger partial charge in [0.1, 0.15) is 11.6 Å². The van der Waals surface area contributed by atoms with Gasteiger partial charge < -0.3 is 20.1 Å². The number of carbonyl (C=O) groups excluding carboxylic acids is 2. The summed E-state index contributed by atoms with van der Waals surface area (Å²) in [6, 6.07) is 5.53. The molecule has 1 atom stereocenters. The molecule has 0 saturated carbocycles. The van der Waals surface area contributed by atoms with Crippen LogP contribution < -0.4 is 10.5 Å². The quantitative estimate of drug-likeness (QED) is 0.867. The maximum Gasteiger partial charge on any atom is 0.260 e. The Morgan fingerprint density at radius 1 is 1.52 bits per heavy atom. The number of hydrogen-bond donors (Lipinski definition) is 1. The Kier molecular flexibility index (Phi) is 4.42. The Labute approximate surface area is 121 Å². The number of nitrogens with two attached hydrogens (primary N) is 1. The Balaban J connectivity index is 1.93. The van der Waals surface area contributed by atoms with Crippen LogP contribution in [0.15, 0.2) is 24.3 Å². The summed E-state index contributed by atoms with van der Waals surface area (Å²) in [7, 11) is 0. The monoisotopic (exact) mass is 296 g/mol. The summed E-state index contributed by atoms with van der Waals surface area (Å²) >= 11 is 0. The molecule has 7 heteroatoms. The van der Waals surface area contributed by atoms with E-state index in [1.165, 1.54) is 23.1 Å². The number of nitrogens with zero attached hydrogens (tertiary/aromatic N) is 1. The minimum absolute atomic E-state index is 0.0771. The van der Waals surface area contributed by atoms with Crippen LogP contribution in [-0.4, -0.2) is 48.6 Å². The third-order valence-electron chi connectivity index (χ3n) is 3.31. The molecule has 2 rings (SSSR count). The zero-order valence-electron chi connectivity index (χ0n) is 11.7. The number of rotatable bonds is 4. The minimum atomic E-state index is -1.19. The van der Waals surface area contributed by atoms with Crippen molar-refractivity contribution >= 4 is 11.8 Å². The Bertz CT molecular complexity index is 552. The van der Waals surface area contributed by atoms with Crippen molar-refractivity contribution in [3.05, 3.63) is 30.1 Å². The molecular weight excluding hydrogens is 279 g/mol. The summed E-state index contributed by atoms with van der Waals surface area (Å²) in [5.41, 5.74) is 4.08. The standard InChI is InChI=1S/C14H17FN2O4/c1-14(13(16)19)9-17(5-6-21-14)12(18)8-20-11-4-2-3-10(15)7-11/h2-4,7H,5-6,8-9H2,1H3,(H2,16,19)/t14-/m0/s1. The van der Waals surface area contributed by atoms with E-state index in [0.717, 1.165) is 0 Å². The second-order valence-corrected chi connectivity index (χ2v) is 5.00. The average Bonchev–Trinajstić information content (AvgIpc) is 2.45. The van der Waals surface area contributed by atoms with E-state index in [1.54, 1.807) is 13.0 Å². The predicted molar refractivity (Wildman–Crippen MR) is 72.0 cm³/mol. The third-order valence-corrected chi connectivity index (χ3v) is 3.31. The highest BCUT2D eigenvalue weighted by atomic mass is 19.1. The molecule has 1 aliphatic heterocycles. The van der Waals surface area contributed by atoms with Gasteiger partial charge in [-0.25, -0.2) is 4.39 Å². The highest BCUT2D eigenvalue weighted by Gasteiger charge is 2.39. The molecule has 0 unspecified atom stereocenters. The van der Waals surface area contributed by atoms with E-state index in [9.17, 15) is 14.0 Å². The van der Waals surface area contributed by atoms with Crippen molar-refractivity contribution in [1.29, 1.82) is 0 Å². The fourth-order valence-corrected chi connectivity index (χ4v) is 2.03. The number of ether oxygens (including phenoxy) is 2. The highest BCUT2D eigenvalue weighted by molar-refractivity contribution is 5.85. The van der Waals surface area contributed by atoms with Crippen LogP contribution in [0.4, 0.5) is 4.39 Å². The van der Waals surface area contributed by atoms with Gasteiger partial charge in [-0.1, -0.05) is 6.07 Å². The smallest absolute Gasteiger partial charge is 0.260 e. The van der Waals surface area contributed by atoms with Crippen LogP contribution in [0.1, 0.15) is 6.92 Å². The van der Waals surface area contributed by atoms with E-state index < -0.39 is 17.3 Å². The number of morpholine rings is 1. The molecule has 21 heavy (non-hydrogen) atoms. The predicted octanol–water partition coefficient (Wildman–Crippen LogP) is 0.307. The Morgan fingerprint density at radius 3 is 2.95 bits per heavy atom. The van der Waals surface area contributed by atoms with Crippen molar-refractivity contribution in [1.82, 2.24) is 4.90 Å². The van der Waals surface area contributed by atoms with E-state index in [4.69, 9.17) is 15.2 Å². The van der Waals surface area contributed by atoms with Gasteiger partial charge >= 0.3 is 0 Å². The fraction of sp³-hybridized carbons (Fsp3) is 0.429. The van der Waals surface area contributed by atoms with Crippen molar-refractivity contribution in [3.63, 3.8) is 0 Å². The van der Waals surface area contributed by atoms with Gasteiger partial charge in [0.05, 0.1) is 13.2 Å². The molecule has 6 nitrogen and oxygen atoms in total. The molecule has 0 radical (unpaired) electrons. The van der Waals surface area contributed by atoms with Gasteiger partial charge in [-0.15, -0.1) is 0 Å². The van der Waals surface area contributed by atoms with E-state index in [-0.39, 0.29) is 31.4 Å². The largest absolute Gasteiger partial charge is 0.484 e. The first-order valence-corrected chi connectivity index (χ1v) is 6.51. The third kappa shape index (κ3) is 3.69. The van der Waals surface area contributed by atoms with E-state index in [1.807, 2.05) is 0 Å². The van der Waals surface area contributed by atoms with Crippen molar-refractivity contribution in [3.8, 4) is 5.75 Å². The maximum atomic E-state index is 13.0. The number of carbonyl (C=O) groups is 2. The molecule has 0 spiro atoms. The van der Waals surface area contributed by atoms with E-state index >= 15 is 0 Å². The summed E-state index contributed by atoms with van der Waals surface area (Å²) < 4.78 is 23.6. The summed E-state index contributed by atoms with van der Waals surface area (Å²) in [6.07, 6.45) is 0. The zero-order valence-corrected chi connectivity index (χ0v) is 11.7. The summed E-state index contributed by atoms with van der Waals surface area (Å²) in [5, 5.41) is 0. The molecule has 2 amide bonds. The van der Waals surface area contributed by atoms with Crippen molar-refractivity contribution < 1.29 is 23.5 Å². The molecule has 1 fully saturated rings. The first-order valence-electron chi connectivity index (χ1n) is 6.51. The lowest BCUT2D eigenvalue weighted by atomic mass is 10.0. The fourth-order valence-electron chi connectivity index (χ4n) is 2.03. The van der Waals surface area contributed by atoms with Gasteiger partial charge in [0, 0.05) is 12.6 Å². The van der Waals surface area contributed by atoms with Gasteiger partial charge in [-0.05, 0) is 19.1 Å². The van der Waals surface area contributed by atoms with E-state index in [0.29, 0.717) is 6.54 Å². The van der Waals surface area contributed by atoms with Crippen LogP contribution in [-0.2, 0) is 14.3 Å². The summed E-state index contributed by atoms with van der Waals surface area (Å²) in [5.74, 6) is -1.09. The Morgan fingerprint density at radius 2 is 2.29 bits per heavy atom. The van der Waals surface area contributed by atoms with E-state index in [2.05, 4.69) is 0 Å². The number of halogens is 1. The average molecular weight is 296 g/mol. The molecule has 0 bridgehead atoms. The van der Waals surface area contributed by atoms with Crippen LogP contribution in [0, 0.1) is 5.82 Å². The molecular formula is C14H17FN2O4. The van der Waals surface area contributed by atoms with Crippen LogP contribution in [0.3, 0.4) is 0 Å². The Hall–Kier alpha value is -2.15. The van der Waals surface area contributed by atoms with Crippen molar-refractivity contribution in [2.24, 2.45) is 5.73 Å². The normalized spacial score (nSPS) is 21.9. The van der Waals surface area contributed by atoms with Crippen molar-refractivity contribution in [2.45, 2.75) is 12.5 Å². The molecule has 2 N–H and O–H groups in total. The second kappa shape index (κ2) is 6.09. The van der Waals surface area contributed by atoms with Crippen LogP contribution in [0.2, 0.25) is 0 Å². The summed E-state index contributed by atoms with van der Waals surface area (Å²) in [6.45, 7) is 1.97. The van der Waals surface area contributed by atoms with Crippen LogP contribution >= 0.6 is 0 Å². The van der Waals surface area contributed by atoms with Gasteiger partial charge in [0.2, 0.25) is 0 Å². The van der Waals surface area contributed by atoms with Gasteiger partial charge in [0.25, 0.3) is 11.8 Å².